The summed E-state index contributed by atoms with van der Waals surface area (Å²) in [5.74, 6) is -1.41. The number of esters is 1. The first-order chi connectivity index (χ1) is 12.4. The molecule has 2 aromatic rings. The maximum atomic E-state index is 11.8. The molecule has 0 amide bonds. The van der Waals surface area contributed by atoms with Crippen LogP contribution < -0.4 is 4.74 Å². The van der Waals surface area contributed by atoms with E-state index in [0.29, 0.717) is 16.9 Å². The van der Waals surface area contributed by atoms with Crippen LogP contribution in [0.4, 0.5) is 0 Å². The van der Waals surface area contributed by atoms with Gasteiger partial charge in [0.05, 0.1) is 7.11 Å². The molecule has 7 nitrogen and oxygen atoms in total. The van der Waals surface area contributed by atoms with E-state index in [-0.39, 0.29) is 29.5 Å². The number of carbonyl (C=O) groups is 2. The van der Waals surface area contributed by atoms with Gasteiger partial charge in [-0.15, -0.1) is 0 Å². The van der Waals surface area contributed by atoms with Crippen molar-refractivity contribution in [1.82, 2.24) is 0 Å². The van der Waals surface area contributed by atoms with Crippen molar-refractivity contribution in [3.05, 3.63) is 53.6 Å². The molecule has 2 aromatic carbocycles. The minimum atomic E-state index is -0.706. The van der Waals surface area contributed by atoms with Crippen molar-refractivity contribution < 1.29 is 34.4 Å². The molecule has 0 spiro atoms. The van der Waals surface area contributed by atoms with Crippen LogP contribution in [-0.2, 0) is 20.7 Å². The summed E-state index contributed by atoms with van der Waals surface area (Å²) in [6, 6.07) is 8.65. The number of phenols is 3. The maximum absolute atomic E-state index is 11.8. The van der Waals surface area contributed by atoms with Gasteiger partial charge in [-0.1, -0.05) is 12.1 Å². The molecule has 0 aliphatic rings. The van der Waals surface area contributed by atoms with Gasteiger partial charge in [0.25, 0.3) is 0 Å². The zero-order valence-corrected chi connectivity index (χ0v) is 14.0. The predicted molar refractivity (Wildman–Crippen MR) is 93.1 cm³/mol. The van der Waals surface area contributed by atoms with Gasteiger partial charge in [0.2, 0.25) is 0 Å². The molecule has 7 heteroatoms. The Labute approximate surface area is 149 Å². The van der Waals surface area contributed by atoms with E-state index in [0.717, 1.165) is 6.08 Å². The molecule has 26 heavy (non-hydrogen) atoms. The number of ketones is 1. The average molecular weight is 358 g/mol. The summed E-state index contributed by atoms with van der Waals surface area (Å²) in [6.07, 6.45) is 2.53. The third-order valence-electron chi connectivity index (χ3n) is 3.43. The number of aromatic hydroxyl groups is 3. The van der Waals surface area contributed by atoms with Gasteiger partial charge in [-0.05, 0) is 41.5 Å². The Bertz CT molecular complexity index is 840. The summed E-state index contributed by atoms with van der Waals surface area (Å²) < 4.78 is 9.77. The molecule has 0 heterocycles. The van der Waals surface area contributed by atoms with Crippen LogP contribution in [0, 0.1) is 0 Å². The summed E-state index contributed by atoms with van der Waals surface area (Å²) in [6.45, 7) is -0.418. The van der Waals surface area contributed by atoms with Crippen LogP contribution >= 0.6 is 0 Å². The van der Waals surface area contributed by atoms with Gasteiger partial charge in [0.1, 0.15) is 0 Å². The summed E-state index contributed by atoms with van der Waals surface area (Å²) in [4.78, 5) is 23.5. The summed E-state index contributed by atoms with van der Waals surface area (Å²) in [7, 11) is 1.43. The van der Waals surface area contributed by atoms with Gasteiger partial charge >= 0.3 is 5.97 Å². The molecule has 136 valence electrons. The second-order valence-electron chi connectivity index (χ2n) is 5.41. The van der Waals surface area contributed by atoms with E-state index in [1.54, 1.807) is 12.1 Å². The fourth-order valence-electron chi connectivity index (χ4n) is 2.13. The number of Topliss-reactive ketones (excluding diaryl/α,β-unsaturated/α-hetero) is 1. The molecular weight excluding hydrogens is 340 g/mol. The third-order valence-corrected chi connectivity index (χ3v) is 3.43. The monoisotopic (exact) mass is 358 g/mol. The van der Waals surface area contributed by atoms with Gasteiger partial charge in [-0.3, -0.25) is 4.79 Å². The highest BCUT2D eigenvalue weighted by Crippen LogP contribution is 2.27. The van der Waals surface area contributed by atoms with Gasteiger partial charge in [-0.25, -0.2) is 4.79 Å². The number of methoxy groups -OCH3 is 1. The first kappa shape index (κ1) is 18.9. The topological polar surface area (TPSA) is 113 Å². The van der Waals surface area contributed by atoms with Crippen molar-refractivity contribution in [2.45, 2.75) is 6.42 Å². The normalized spacial score (nSPS) is 10.7. The molecule has 0 atom stereocenters. The van der Waals surface area contributed by atoms with Crippen LogP contribution in [-0.4, -0.2) is 40.8 Å². The zero-order valence-electron chi connectivity index (χ0n) is 14.0. The van der Waals surface area contributed by atoms with Crippen molar-refractivity contribution >= 4 is 17.8 Å². The maximum Gasteiger partial charge on any atom is 0.331 e. The van der Waals surface area contributed by atoms with Crippen LogP contribution in [0.5, 0.6) is 23.0 Å². The molecular formula is C19H18O7. The average Bonchev–Trinajstić information content (AvgIpc) is 2.61. The number of rotatable bonds is 7. The van der Waals surface area contributed by atoms with Gasteiger partial charge < -0.3 is 24.8 Å². The van der Waals surface area contributed by atoms with E-state index in [4.69, 9.17) is 9.47 Å². The van der Waals surface area contributed by atoms with E-state index in [1.807, 2.05) is 0 Å². The lowest BCUT2D eigenvalue weighted by atomic mass is 10.1. The summed E-state index contributed by atoms with van der Waals surface area (Å²) in [5, 5.41) is 28.3. The number of carbonyl (C=O) groups excluding carboxylic acids is 2. The number of hydrogen-bond donors (Lipinski definition) is 3. The number of phenolic OH excluding ortho intramolecular Hbond substituents is 3. The first-order valence-corrected chi connectivity index (χ1v) is 7.63. The van der Waals surface area contributed by atoms with Crippen LogP contribution in [0.1, 0.15) is 11.1 Å². The lowest BCUT2D eigenvalue weighted by molar-refractivity contribution is -0.142. The largest absolute Gasteiger partial charge is 0.504 e. The zero-order chi connectivity index (χ0) is 19.1. The molecule has 0 bridgehead atoms. The highest BCUT2D eigenvalue weighted by molar-refractivity contribution is 5.90. The Hall–Kier alpha value is -3.48. The molecule has 2 rings (SSSR count). The molecule has 0 fully saturated rings. The molecule has 0 radical (unpaired) electrons. The van der Waals surface area contributed by atoms with E-state index >= 15 is 0 Å². The lowest BCUT2D eigenvalue weighted by Gasteiger charge is -2.04. The van der Waals surface area contributed by atoms with Crippen LogP contribution in [0.2, 0.25) is 0 Å². The first-order valence-electron chi connectivity index (χ1n) is 7.63. The molecule has 3 N–H and O–H groups in total. The second-order valence-corrected chi connectivity index (χ2v) is 5.41. The second kappa shape index (κ2) is 8.57. The van der Waals surface area contributed by atoms with Gasteiger partial charge in [0, 0.05) is 12.5 Å². The quantitative estimate of drug-likeness (QED) is 0.395. The Balaban J connectivity index is 1.84. The van der Waals surface area contributed by atoms with Crippen molar-refractivity contribution in [1.29, 1.82) is 0 Å². The lowest BCUT2D eigenvalue weighted by Crippen LogP contribution is -2.14. The number of hydrogen-bond acceptors (Lipinski definition) is 7. The third kappa shape index (κ3) is 5.27. The minimum absolute atomic E-state index is 0.0445. The molecule has 0 aliphatic heterocycles. The van der Waals surface area contributed by atoms with Crippen LogP contribution in [0.25, 0.3) is 6.08 Å². The van der Waals surface area contributed by atoms with E-state index in [2.05, 4.69) is 0 Å². The van der Waals surface area contributed by atoms with Gasteiger partial charge in [-0.2, -0.15) is 0 Å². The molecule has 0 saturated carbocycles. The van der Waals surface area contributed by atoms with Crippen molar-refractivity contribution in [3.8, 4) is 23.0 Å². The highest BCUT2D eigenvalue weighted by Gasteiger charge is 2.09. The SMILES string of the molecule is COc1ccc(C=CC(=O)OCC(=O)Cc2ccc(O)c(O)c2)cc1O. The molecule has 0 aliphatic carbocycles. The van der Waals surface area contributed by atoms with Crippen LogP contribution in [0.3, 0.4) is 0 Å². The minimum Gasteiger partial charge on any atom is -0.504 e. The van der Waals surface area contributed by atoms with E-state index < -0.39 is 12.6 Å². The van der Waals surface area contributed by atoms with E-state index in [9.17, 15) is 24.9 Å². The van der Waals surface area contributed by atoms with Crippen molar-refractivity contribution in [3.63, 3.8) is 0 Å². The standard InChI is InChI=1S/C19H18O7/c1-25-18-6-3-12(9-17(18)23)4-7-19(24)26-11-14(20)8-13-2-5-15(21)16(22)10-13/h2-7,9-10,21-23H,8,11H2,1H3. The Morgan fingerprint density at radius 2 is 1.77 bits per heavy atom. The smallest absolute Gasteiger partial charge is 0.331 e. The highest BCUT2D eigenvalue weighted by atomic mass is 16.5. The van der Waals surface area contributed by atoms with Gasteiger partial charge in [0.15, 0.2) is 35.4 Å². The fourth-order valence-corrected chi connectivity index (χ4v) is 2.13. The predicted octanol–water partition coefficient (Wildman–Crippen LogP) is 2.18. The Morgan fingerprint density at radius 1 is 1.00 bits per heavy atom. The Morgan fingerprint density at radius 3 is 2.42 bits per heavy atom. The van der Waals surface area contributed by atoms with Crippen LogP contribution in [0.15, 0.2) is 42.5 Å². The molecule has 0 unspecified atom stereocenters. The number of ether oxygens (including phenoxy) is 2. The van der Waals surface area contributed by atoms with Crippen molar-refractivity contribution in [2.24, 2.45) is 0 Å². The fraction of sp³-hybridized carbons (Fsp3) is 0.158. The van der Waals surface area contributed by atoms with Crippen molar-refractivity contribution in [2.75, 3.05) is 13.7 Å². The summed E-state index contributed by atoms with van der Waals surface area (Å²) >= 11 is 0. The molecule has 0 saturated heterocycles. The molecule has 0 aromatic heterocycles. The Kier molecular flexibility index (Phi) is 6.21. The number of benzene rings is 2. The van der Waals surface area contributed by atoms with E-state index in [1.165, 1.54) is 37.5 Å². The summed E-state index contributed by atoms with van der Waals surface area (Å²) in [5.41, 5.74) is 1.05.